The summed E-state index contributed by atoms with van der Waals surface area (Å²) in [7, 11) is 0. The highest BCUT2D eigenvalue weighted by molar-refractivity contribution is 6.42. The monoisotopic (exact) mass is 315 g/mol. The van der Waals surface area contributed by atoms with Gasteiger partial charge >= 0.3 is 0 Å². The van der Waals surface area contributed by atoms with Gasteiger partial charge in [-0.25, -0.2) is 0 Å². The third-order valence-corrected chi connectivity index (χ3v) is 3.67. The predicted octanol–water partition coefficient (Wildman–Crippen LogP) is 2.67. The van der Waals surface area contributed by atoms with E-state index in [0.717, 1.165) is 0 Å². The van der Waals surface area contributed by atoms with Crippen LogP contribution in [0.3, 0.4) is 0 Å². The number of ether oxygens (including phenoxy) is 1. The number of Topliss-reactive ketones (excluding diaryl/α,β-unsaturated/α-hetero) is 1. The van der Waals surface area contributed by atoms with Gasteiger partial charge in [-0.1, -0.05) is 29.3 Å². The predicted molar refractivity (Wildman–Crippen MR) is 73.4 cm³/mol. The van der Waals surface area contributed by atoms with E-state index in [1.165, 1.54) is 26.0 Å². The minimum Gasteiger partial charge on any atom is -0.501 e. The van der Waals surface area contributed by atoms with Crippen LogP contribution in [-0.2, 0) is 19.9 Å². The lowest BCUT2D eigenvalue weighted by Crippen LogP contribution is -2.32. The number of amides is 1. The lowest BCUT2D eigenvalue weighted by molar-refractivity contribution is -0.132. The number of nitrogens with one attached hydrogen (secondary N) is 1. The summed E-state index contributed by atoms with van der Waals surface area (Å²) >= 11 is 11.7. The highest BCUT2D eigenvalue weighted by atomic mass is 35.5. The Kier molecular flexibility index (Phi) is 3.67. The van der Waals surface area contributed by atoms with Crippen molar-refractivity contribution in [3.63, 3.8) is 0 Å². The van der Waals surface area contributed by atoms with Crippen LogP contribution in [0.2, 0.25) is 10.0 Å². The Morgan fingerprint density at radius 3 is 2.55 bits per heavy atom. The van der Waals surface area contributed by atoms with Crippen LogP contribution in [0.25, 0.3) is 0 Å². The fourth-order valence-electron chi connectivity index (χ4n) is 1.86. The molecule has 0 saturated heterocycles. The summed E-state index contributed by atoms with van der Waals surface area (Å²) in [5, 5.41) is 12.6. The number of carbonyl (C=O) groups excluding carboxylic acids is 2. The van der Waals surface area contributed by atoms with E-state index in [9.17, 15) is 14.7 Å². The molecule has 1 aromatic rings. The van der Waals surface area contributed by atoms with E-state index in [1.807, 2.05) is 0 Å². The van der Waals surface area contributed by atoms with Gasteiger partial charge in [-0.15, -0.1) is 0 Å². The van der Waals surface area contributed by atoms with E-state index in [2.05, 4.69) is 5.32 Å². The molecule has 1 aromatic carbocycles. The minimum atomic E-state index is -1.46. The molecule has 1 heterocycles. The summed E-state index contributed by atoms with van der Waals surface area (Å²) in [4.78, 5) is 23.2. The normalized spacial score (nSPS) is 21.9. The molecule has 0 radical (unpaired) electrons. The van der Waals surface area contributed by atoms with Crippen molar-refractivity contribution in [1.82, 2.24) is 5.32 Å². The first-order valence-corrected chi connectivity index (χ1v) is 6.41. The molecule has 0 bridgehead atoms. The van der Waals surface area contributed by atoms with Crippen LogP contribution in [-0.4, -0.2) is 16.8 Å². The first-order chi connectivity index (χ1) is 9.25. The van der Waals surface area contributed by atoms with Crippen LogP contribution < -0.4 is 5.32 Å². The molecule has 106 valence electrons. The maximum absolute atomic E-state index is 12.2. The van der Waals surface area contributed by atoms with Gasteiger partial charge in [-0.2, -0.15) is 0 Å². The fraction of sp³-hybridized carbons (Fsp3) is 0.231. The van der Waals surface area contributed by atoms with Crippen LogP contribution in [0.1, 0.15) is 19.4 Å². The summed E-state index contributed by atoms with van der Waals surface area (Å²) < 4.78 is 5.41. The molecule has 2 N–H and O–H groups in total. The van der Waals surface area contributed by atoms with Crippen molar-refractivity contribution in [2.24, 2.45) is 0 Å². The van der Waals surface area contributed by atoms with Crippen molar-refractivity contribution in [2.45, 2.75) is 19.4 Å². The molecule has 0 fully saturated rings. The molecule has 0 aromatic heterocycles. The molecule has 5 nitrogen and oxygen atoms in total. The SMILES string of the molecule is CC(=O)NC1=C(O)C(=O)C(C)(c2ccc(Cl)c(Cl)c2)O1. The number of halogens is 2. The largest absolute Gasteiger partial charge is 0.501 e. The molecular weight excluding hydrogens is 305 g/mol. The second-order valence-corrected chi connectivity index (χ2v) is 5.27. The lowest BCUT2D eigenvalue weighted by Gasteiger charge is -2.23. The van der Waals surface area contributed by atoms with Gasteiger partial charge in [0.1, 0.15) is 0 Å². The minimum absolute atomic E-state index is 0.259. The molecule has 0 aliphatic carbocycles. The number of hydrogen-bond acceptors (Lipinski definition) is 4. The third-order valence-electron chi connectivity index (χ3n) is 2.93. The van der Waals surface area contributed by atoms with Gasteiger partial charge in [0.05, 0.1) is 10.0 Å². The van der Waals surface area contributed by atoms with Crippen molar-refractivity contribution in [1.29, 1.82) is 0 Å². The van der Waals surface area contributed by atoms with Crippen LogP contribution in [0, 0.1) is 0 Å². The first-order valence-electron chi connectivity index (χ1n) is 5.66. The number of hydrogen-bond donors (Lipinski definition) is 2. The van der Waals surface area contributed by atoms with Crippen molar-refractivity contribution < 1.29 is 19.4 Å². The standard InChI is InChI=1S/C13H11Cl2NO4/c1-6(17)16-12-10(18)11(19)13(2,20-12)7-3-4-8(14)9(15)5-7/h3-5,18H,1-2H3,(H,16,17). The number of benzene rings is 1. The quantitative estimate of drug-likeness (QED) is 0.879. The Labute approximate surface area is 125 Å². The maximum Gasteiger partial charge on any atom is 0.250 e. The molecule has 1 amide bonds. The van der Waals surface area contributed by atoms with Crippen molar-refractivity contribution in [2.75, 3.05) is 0 Å². The first kappa shape index (κ1) is 14.7. The number of aliphatic hydroxyl groups is 1. The number of carbonyl (C=O) groups is 2. The Morgan fingerprint density at radius 2 is 2.00 bits per heavy atom. The van der Waals surface area contributed by atoms with Crippen LogP contribution in [0.5, 0.6) is 0 Å². The molecule has 2 rings (SSSR count). The van der Waals surface area contributed by atoms with E-state index in [0.29, 0.717) is 10.6 Å². The van der Waals surface area contributed by atoms with E-state index < -0.39 is 23.1 Å². The van der Waals surface area contributed by atoms with Gasteiger partial charge in [0.25, 0.3) is 5.78 Å². The summed E-state index contributed by atoms with van der Waals surface area (Å²) in [5.74, 6) is -2.03. The molecular formula is C13H11Cl2NO4. The second-order valence-electron chi connectivity index (χ2n) is 4.45. The zero-order valence-corrected chi connectivity index (χ0v) is 12.2. The lowest BCUT2D eigenvalue weighted by atomic mass is 9.92. The summed E-state index contributed by atoms with van der Waals surface area (Å²) in [6.45, 7) is 2.71. The average Bonchev–Trinajstić information content (AvgIpc) is 2.58. The average molecular weight is 316 g/mol. The second kappa shape index (κ2) is 5.00. The third kappa shape index (κ3) is 2.34. The molecule has 0 spiro atoms. The molecule has 20 heavy (non-hydrogen) atoms. The molecule has 1 unspecified atom stereocenters. The number of ketones is 1. The number of rotatable bonds is 2. The van der Waals surface area contributed by atoms with Crippen LogP contribution in [0.15, 0.2) is 29.8 Å². The Hall–Kier alpha value is -1.72. The van der Waals surface area contributed by atoms with E-state index in [-0.39, 0.29) is 10.9 Å². The van der Waals surface area contributed by atoms with Gasteiger partial charge < -0.3 is 9.84 Å². The fourth-order valence-corrected chi connectivity index (χ4v) is 2.15. The Morgan fingerprint density at radius 1 is 1.35 bits per heavy atom. The smallest absolute Gasteiger partial charge is 0.250 e. The van der Waals surface area contributed by atoms with Gasteiger partial charge in [0.15, 0.2) is 5.60 Å². The number of aliphatic hydroxyl groups excluding tert-OH is 1. The molecule has 1 aliphatic rings. The van der Waals surface area contributed by atoms with Gasteiger partial charge in [-0.3, -0.25) is 14.9 Å². The van der Waals surface area contributed by atoms with Gasteiger partial charge in [-0.05, 0) is 19.1 Å². The zero-order chi connectivity index (χ0) is 15.1. The molecule has 1 aliphatic heterocycles. The maximum atomic E-state index is 12.2. The topological polar surface area (TPSA) is 75.6 Å². The van der Waals surface area contributed by atoms with Gasteiger partial charge in [0, 0.05) is 12.5 Å². The highest BCUT2D eigenvalue weighted by Crippen LogP contribution is 2.38. The zero-order valence-electron chi connectivity index (χ0n) is 10.7. The van der Waals surface area contributed by atoms with E-state index >= 15 is 0 Å². The van der Waals surface area contributed by atoms with Crippen molar-refractivity contribution in [3.05, 3.63) is 45.5 Å². The van der Waals surface area contributed by atoms with E-state index in [1.54, 1.807) is 6.07 Å². The summed E-state index contributed by atoms with van der Waals surface area (Å²) in [5.41, 5.74) is -1.04. The van der Waals surface area contributed by atoms with Crippen molar-refractivity contribution in [3.8, 4) is 0 Å². The summed E-state index contributed by atoms with van der Waals surface area (Å²) in [6.07, 6.45) is 0. The molecule has 1 atom stereocenters. The van der Waals surface area contributed by atoms with Crippen LogP contribution >= 0.6 is 23.2 Å². The van der Waals surface area contributed by atoms with E-state index in [4.69, 9.17) is 27.9 Å². The molecule has 0 saturated carbocycles. The van der Waals surface area contributed by atoms with Gasteiger partial charge in [0.2, 0.25) is 17.5 Å². The Balaban J connectivity index is 2.40. The van der Waals surface area contributed by atoms with Crippen LogP contribution in [0.4, 0.5) is 0 Å². The highest BCUT2D eigenvalue weighted by Gasteiger charge is 2.48. The Bertz CT molecular complexity index is 641. The molecule has 7 heteroatoms. The summed E-state index contributed by atoms with van der Waals surface area (Å²) in [6, 6.07) is 4.57. The van der Waals surface area contributed by atoms with Crippen molar-refractivity contribution >= 4 is 34.9 Å².